The van der Waals surface area contributed by atoms with Crippen LogP contribution < -0.4 is 4.90 Å². The van der Waals surface area contributed by atoms with Crippen LogP contribution in [0.25, 0.3) is 0 Å². The normalized spacial score (nSPS) is 14.2. The summed E-state index contributed by atoms with van der Waals surface area (Å²) in [7, 11) is 4.06. The number of benzene rings is 1. The molecule has 0 bridgehead atoms. The van der Waals surface area contributed by atoms with Crippen molar-refractivity contribution in [3.8, 4) is 0 Å². The predicted molar refractivity (Wildman–Crippen MR) is 74.6 cm³/mol. The molecule has 1 unspecified atom stereocenters. The van der Waals surface area contributed by atoms with Gasteiger partial charge in [-0.2, -0.15) is 0 Å². The molecule has 2 heteroatoms. The van der Waals surface area contributed by atoms with Gasteiger partial charge in [0, 0.05) is 25.7 Å². The molecule has 0 saturated heterocycles. The number of aliphatic hydroxyl groups is 1. The highest BCUT2D eigenvalue weighted by molar-refractivity contribution is 5.47. The van der Waals surface area contributed by atoms with E-state index in [0.717, 1.165) is 12.0 Å². The van der Waals surface area contributed by atoms with Gasteiger partial charge in [-0.1, -0.05) is 24.3 Å². The molecule has 0 aliphatic carbocycles. The fourth-order valence-electron chi connectivity index (χ4n) is 1.97. The Balaban J connectivity index is 2.91. The summed E-state index contributed by atoms with van der Waals surface area (Å²) in [5.41, 5.74) is 3.51. The van der Waals surface area contributed by atoms with Crippen LogP contribution in [0.2, 0.25) is 0 Å². The largest absolute Gasteiger partial charge is 0.393 e. The van der Waals surface area contributed by atoms with Gasteiger partial charge in [0.1, 0.15) is 0 Å². The molecule has 2 atom stereocenters. The van der Waals surface area contributed by atoms with Crippen molar-refractivity contribution in [2.45, 2.75) is 32.3 Å². The van der Waals surface area contributed by atoms with Crippen LogP contribution in [0.3, 0.4) is 0 Å². The molecule has 0 aromatic heterocycles. The second kappa shape index (κ2) is 5.87. The lowest BCUT2D eigenvalue weighted by Gasteiger charge is -2.20. The van der Waals surface area contributed by atoms with Crippen LogP contribution in [0.5, 0.6) is 0 Å². The number of hydrogen-bond acceptors (Lipinski definition) is 2. The maximum atomic E-state index is 9.53. The topological polar surface area (TPSA) is 23.5 Å². The summed E-state index contributed by atoms with van der Waals surface area (Å²) in [6.07, 6.45) is 0.432. The van der Waals surface area contributed by atoms with E-state index in [9.17, 15) is 5.11 Å². The van der Waals surface area contributed by atoms with E-state index in [-0.39, 0.29) is 12.0 Å². The first-order chi connectivity index (χ1) is 7.91. The molecule has 0 amide bonds. The van der Waals surface area contributed by atoms with E-state index in [1.807, 2.05) is 27.9 Å². The highest BCUT2D eigenvalue weighted by atomic mass is 16.3. The van der Waals surface area contributed by atoms with Gasteiger partial charge < -0.3 is 10.0 Å². The Bertz CT molecular complexity index is 365. The number of allylic oxidation sites excluding steroid dienone is 1. The minimum Gasteiger partial charge on any atom is -0.393 e. The zero-order valence-corrected chi connectivity index (χ0v) is 11.3. The van der Waals surface area contributed by atoms with Crippen molar-refractivity contribution < 1.29 is 5.11 Å². The van der Waals surface area contributed by atoms with Crippen LogP contribution in [0.4, 0.5) is 5.69 Å². The second-order valence-electron chi connectivity index (χ2n) is 4.97. The number of aliphatic hydroxyl groups excluding tert-OH is 1. The minimum absolute atomic E-state index is 0.242. The standard InChI is InChI=1S/C15H23NO/c1-11(2)15(10-12(3)17)13-6-8-14(9-7-13)16(4)5/h6-9,12,15,17H,1,10H2,2-5H3/t12?,15-/m0/s1. The fraction of sp³-hybridized carbons (Fsp3) is 0.467. The van der Waals surface area contributed by atoms with E-state index in [4.69, 9.17) is 0 Å². The van der Waals surface area contributed by atoms with Crippen LogP contribution in [0, 0.1) is 0 Å². The maximum absolute atomic E-state index is 9.53. The van der Waals surface area contributed by atoms with Gasteiger partial charge in [-0.05, 0) is 38.0 Å². The Morgan fingerprint density at radius 1 is 1.29 bits per heavy atom. The van der Waals surface area contributed by atoms with E-state index >= 15 is 0 Å². The van der Waals surface area contributed by atoms with Crippen LogP contribution in [-0.4, -0.2) is 25.3 Å². The lowest BCUT2D eigenvalue weighted by Crippen LogP contribution is -2.11. The van der Waals surface area contributed by atoms with Gasteiger partial charge in [-0.25, -0.2) is 0 Å². The fourth-order valence-corrected chi connectivity index (χ4v) is 1.97. The highest BCUT2D eigenvalue weighted by Gasteiger charge is 2.14. The number of rotatable bonds is 5. The third-order valence-electron chi connectivity index (χ3n) is 2.98. The summed E-state index contributed by atoms with van der Waals surface area (Å²) in [6.45, 7) is 7.87. The summed E-state index contributed by atoms with van der Waals surface area (Å²) in [5.74, 6) is 0.242. The summed E-state index contributed by atoms with van der Waals surface area (Å²) in [6, 6.07) is 8.45. The molecular weight excluding hydrogens is 210 g/mol. The molecule has 1 N–H and O–H groups in total. The Kier molecular flexibility index (Phi) is 4.76. The highest BCUT2D eigenvalue weighted by Crippen LogP contribution is 2.29. The van der Waals surface area contributed by atoms with E-state index in [0.29, 0.717) is 0 Å². The van der Waals surface area contributed by atoms with E-state index in [1.165, 1.54) is 11.3 Å². The van der Waals surface area contributed by atoms with E-state index < -0.39 is 0 Å². The Morgan fingerprint density at radius 2 is 1.82 bits per heavy atom. The quantitative estimate of drug-likeness (QED) is 0.790. The summed E-state index contributed by atoms with van der Waals surface area (Å²) in [5, 5.41) is 9.53. The first-order valence-electron chi connectivity index (χ1n) is 6.02. The summed E-state index contributed by atoms with van der Waals surface area (Å²) >= 11 is 0. The van der Waals surface area contributed by atoms with Crippen molar-refractivity contribution in [3.05, 3.63) is 42.0 Å². The minimum atomic E-state index is -0.301. The van der Waals surface area contributed by atoms with Crippen molar-refractivity contribution in [1.29, 1.82) is 0 Å². The van der Waals surface area contributed by atoms with Gasteiger partial charge >= 0.3 is 0 Å². The molecule has 1 aromatic carbocycles. The lowest BCUT2D eigenvalue weighted by molar-refractivity contribution is 0.178. The van der Waals surface area contributed by atoms with Crippen molar-refractivity contribution in [3.63, 3.8) is 0 Å². The monoisotopic (exact) mass is 233 g/mol. The molecular formula is C15H23NO. The Morgan fingerprint density at radius 3 is 2.18 bits per heavy atom. The summed E-state index contributed by atoms with van der Waals surface area (Å²) < 4.78 is 0. The van der Waals surface area contributed by atoms with Crippen LogP contribution in [0.15, 0.2) is 36.4 Å². The lowest BCUT2D eigenvalue weighted by atomic mass is 9.88. The average molecular weight is 233 g/mol. The van der Waals surface area contributed by atoms with Gasteiger partial charge in [0.2, 0.25) is 0 Å². The van der Waals surface area contributed by atoms with Crippen LogP contribution >= 0.6 is 0 Å². The summed E-state index contributed by atoms with van der Waals surface area (Å²) in [4.78, 5) is 2.08. The first kappa shape index (κ1) is 13.8. The Hall–Kier alpha value is -1.28. The Labute approximate surface area is 105 Å². The molecule has 0 aliphatic rings. The SMILES string of the molecule is C=C(C)[C@H](CC(C)O)c1ccc(N(C)C)cc1. The molecule has 1 rings (SSSR count). The van der Waals surface area contributed by atoms with Gasteiger partial charge in [0.05, 0.1) is 6.10 Å². The molecule has 0 saturated carbocycles. The molecule has 17 heavy (non-hydrogen) atoms. The van der Waals surface area contributed by atoms with Crippen LogP contribution in [0.1, 0.15) is 31.7 Å². The van der Waals surface area contributed by atoms with Crippen molar-refractivity contribution in [2.75, 3.05) is 19.0 Å². The van der Waals surface area contributed by atoms with E-state index in [1.54, 1.807) is 0 Å². The molecule has 0 aliphatic heterocycles. The van der Waals surface area contributed by atoms with Crippen molar-refractivity contribution in [2.24, 2.45) is 0 Å². The van der Waals surface area contributed by atoms with Gasteiger partial charge in [0.25, 0.3) is 0 Å². The van der Waals surface area contributed by atoms with Gasteiger partial charge in [-0.15, -0.1) is 0 Å². The zero-order chi connectivity index (χ0) is 13.0. The molecule has 0 radical (unpaired) electrons. The molecule has 1 aromatic rings. The second-order valence-corrected chi connectivity index (χ2v) is 4.97. The van der Waals surface area contributed by atoms with Gasteiger partial charge in [-0.3, -0.25) is 0 Å². The first-order valence-corrected chi connectivity index (χ1v) is 6.02. The molecule has 0 heterocycles. The smallest absolute Gasteiger partial charge is 0.0521 e. The van der Waals surface area contributed by atoms with Crippen molar-refractivity contribution in [1.82, 2.24) is 0 Å². The zero-order valence-electron chi connectivity index (χ0n) is 11.3. The molecule has 0 spiro atoms. The maximum Gasteiger partial charge on any atom is 0.0521 e. The third-order valence-corrected chi connectivity index (χ3v) is 2.98. The van der Waals surface area contributed by atoms with E-state index in [2.05, 4.69) is 35.7 Å². The predicted octanol–water partition coefficient (Wildman–Crippen LogP) is 3.18. The van der Waals surface area contributed by atoms with Crippen molar-refractivity contribution >= 4 is 5.69 Å². The molecule has 2 nitrogen and oxygen atoms in total. The van der Waals surface area contributed by atoms with Crippen LogP contribution in [-0.2, 0) is 0 Å². The molecule has 94 valence electrons. The average Bonchev–Trinajstić information content (AvgIpc) is 2.25. The third kappa shape index (κ3) is 3.90. The number of anilines is 1. The number of nitrogens with zero attached hydrogens (tertiary/aromatic N) is 1. The number of hydrogen-bond donors (Lipinski definition) is 1. The van der Waals surface area contributed by atoms with Gasteiger partial charge in [0.15, 0.2) is 0 Å². The molecule has 0 fully saturated rings.